The standard InChI is InChI=1S/C14H16F2N2O2.ClH/c1-8-7-10-9(3-2-4-11(10)20-14(15)16)12(19-8)13-17-5-6-18-13;/h2-4,8,12,14H,5-7H2,1H3,(H,17,18);1H/t8-,12?;/m1./s1. The minimum absolute atomic E-state index is 0. The number of halogens is 3. The van der Waals surface area contributed by atoms with Gasteiger partial charge in [0.25, 0.3) is 0 Å². The summed E-state index contributed by atoms with van der Waals surface area (Å²) in [7, 11) is 0. The van der Waals surface area contributed by atoms with E-state index in [4.69, 9.17) is 4.74 Å². The highest BCUT2D eigenvalue weighted by Crippen LogP contribution is 2.37. The molecule has 116 valence electrons. The third kappa shape index (κ3) is 3.27. The van der Waals surface area contributed by atoms with Crippen LogP contribution in [-0.2, 0) is 11.2 Å². The van der Waals surface area contributed by atoms with Gasteiger partial charge in [0.15, 0.2) is 0 Å². The number of rotatable bonds is 3. The molecule has 0 amide bonds. The summed E-state index contributed by atoms with van der Waals surface area (Å²) in [6.45, 7) is 0.600. The largest absolute Gasteiger partial charge is 0.435 e. The zero-order chi connectivity index (χ0) is 14.1. The number of hydrogen-bond donors (Lipinski definition) is 1. The van der Waals surface area contributed by atoms with Gasteiger partial charge in [-0.3, -0.25) is 4.99 Å². The molecule has 2 atom stereocenters. The molecule has 0 radical (unpaired) electrons. The quantitative estimate of drug-likeness (QED) is 0.932. The van der Waals surface area contributed by atoms with Gasteiger partial charge in [-0.25, -0.2) is 0 Å². The molecule has 2 heterocycles. The number of nitrogens with one attached hydrogen (secondary N) is 1. The van der Waals surface area contributed by atoms with Gasteiger partial charge in [-0.15, -0.1) is 12.4 Å². The Kier molecular flexibility index (Phi) is 5.00. The van der Waals surface area contributed by atoms with Crippen LogP contribution in [0.15, 0.2) is 23.2 Å². The maximum Gasteiger partial charge on any atom is 0.387 e. The van der Waals surface area contributed by atoms with Crippen LogP contribution in [0.25, 0.3) is 0 Å². The van der Waals surface area contributed by atoms with Gasteiger partial charge < -0.3 is 14.8 Å². The Balaban J connectivity index is 0.00000161. The first-order valence-corrected chi connectivity index (χ1v) is 6.65. The molecule has 1 unspecified atom stereocenters. The van der Waals surface area contributed by atoms with Crippen molar-refractivity contribution < 1.29 is 18.3 Å². The lowest BCUT2D eigenvalue weighted by Gasteiger charge is -2.31. The lowest BCUT2D eigenvalue weighted by Crippen LogP contribution is -2.34. The smallest absolute Gasteiger partial charge is 0.387 e. The maximum absolute atomic E-state index is 12.5. The van der Waals surface area contributed by atoms with Crippen LogP contribution < -0.4 is 10.1 Å². The number of nitrogens with zero attached hydrogens (tertiary/aromatic N) is 1. The van der Waals surface area contributed by atoms with Crippen LogP contribution >= 0.6 is 12.4 Å². The molecule has 1 aromatic rings. The van der Waals surface area contributed by atoms with Crippen LogP contribution in [0.1, 0.15) is 24.2 Å². The number of aliphatic imine (C=N–C) groups is 1. The topological polar surface area (TPSA) is 42.8 Å². The number of fused-ring (bicyclic) bond motifs is 1. The van der Waals surface area contributed by atoms with Crippen LogP contribution in [0.2, 0.25) is 0 Å². The molecule has 1 N–H and O–H groups in total. The van der Waals surface area contributed by atoms with Gasteiger partial charge in [-0.05, 0) is 18.6 Å². The molecule has 0 spiro atoms. The molecule has 1 aromatic carbocycles. The number of ether oxygens (including phenoxy) is 2. The minimum Gasteiger partial charge on any atom is -0.435 e. The van der Waals surface area contributed by atoms with Crippen molar-refractivity contribution in [2.45, 2.75) is 32.2 Å². The highest BCUT2D eigenvalue weighted by Gasteiger charge is 2.32. The molecule has 7 heteroatoms. The molecular formula is C14H17ClF2N2O2. The average molecular weight is 319 g/mol. The van der Waals surface area contributed by atoms with E-state index in [-0.39, 0.29) is 30.4 Å². The number of amidine groups is 1. The molecule has 3 rings (SSSR count). The second kappa shape index (κ2) is 6.58. The lowest BCUT2D eigenvalue weighted by molar-refractivity contribution is -0.0522. The Morgan fingerprint density at radius 1 is 1.43 bits per heavy atom. The van der Waals surface area contributed by atoms with Crippen LogP contribution in [0.3, 0.4) is 0 Å². The number of hydrogen-bond acceptors (Lipinski definition) is 4. The normalized spacial score (nSPS) is 23.9. The van der Waals surface area contributed by atoms with E-state index in [1.807, 2.05) is 13.0 Å². The second-order valence-electron chi connectivity index (χ2n) is 4.93. The molecular weight excluding hydrogens is 302 g/mol. The molecule has 0 aromatic heterocycles. The van der Waals surface area contributed by atoms with Crippen LogP contribution in [0.4, 0.5) is 8.78 Å². The van der Waals surface area contributed by atoms with Crippen molar-refractivity contribution in [3.8, 4) is 5.75 Å². The van der Waals surface area contributed by atoms with E-state index in [1.165, 1.54) is 0 Å². The monoisotopic (exact) mass is 318 g/mol. The summed E-state index contributed by atoms with van der Waals surface area (Å²) < 4.78 is 35.5. The SMILES string of the molecule is C[C@@H]1Cc2c(OC(F)F)cccc2C(C2=NCCN2)O1.Cl. The molecule has 0 fully saturated rings. The summed E-state index contributed by atoms with van der Waals surface area (Å²) in [6.07, 6.45) is 0.166. The Labute approximate surface area is 127 Å². The van der Waals surface area contributed by atoms with Crippen molar-refractivity contribution >= 4 is 18.2 Å². The first kappa shape index (κ1) is 16.0. The molecule has 4 nitrogen and oxygen atoms in total. The first-order valence-electron chi connectivity index (χ1n) is 6.65. The van der Waals surface area contributed by atoms with E-state index in [9.17, 15) is 8.78 Å². The van der Waals surface area contributed by atoms with E-state index < -0.39 is 6.61 Å². The molecule has 0 saturated carbocycles. The van der Waals surface area contributed by atoms with E-state index in [0.29, 0.717) is 13.0 Å². The van der Waals surface area contributed by atoms with Crippen molar-refractivity contribution in [2.75, 3.05) is 13.1 Å². The van der Waals surface area contributed by atoms with E-state index in [0.717, 1.165) is 23.5 Å². The van der Waals surface area contributed by atoms with Crippen molar-refractivity contribution in [3.63, 3.8) is 0 Å². The van der Waals surface area contributed by atoms with E-state index in [2.05, 4.69) is 15.0 Å². The summed E-state index contributed by atoms with van der Waals surface area (Å²) in [5, 5.41) is 3.18. The Morgan fingerprint density at radius 2 is 2.24 bits per heavy atom. The summed E-state index contributed by atoms with van der Waals surface area (Å²) in [5.41, 5.74) is 1.64. The second-order valence-corrected chi connectivity index (χ2v) is 4.93. The molecule has 0 saturated heterocycles. The highest BCUT2D eigenvalue weighted by molar-refractivity contribution is 5.89. The summed E-state index contributed by atoms with van der Waals surface area (Å²) in [4.78, 5) is 4.37. The predicted octanol–water partition coefficient (Wildman–Crippen LogP) is 2.71. The lowest BCUT2D eigenvalue weighted by atomic mass is 9.93. The number of alkyl halides is 2. The van der Waals surface area contributed by atoms with Gasteiger partial charge in [-0.1, -0.05) is 12.1 Å². The first-order chi connectivity index (χ1) is 9.65. The molecule has 0 aliphatic carbocycles. The molecule has 2 aliphatic rings. The van der Waals surface area contributed by atoms with E-state index >= 15 is 0 Å². The highest BCUT2D eigenvalue weighted by atomic mass is 35.5. The van der Waals surface area contributed by atoms with Gasteiger partial charge in [-0.2, -0.15) is 8.78 Å². The van der Waals surface area contributed by atoms with Gasteiger partial charge in [0.1, 0.15) is 17.7 Å². The van der Waals surface area contributed by atoms with Crippen molar-refractivity contribution in [3.05, 3.63) is 29.3 Å². The minimum atomic E-state index is -2.82. The summed E-state index contributed by atoms with van der Waals surface area (Å²) in [5.74, 6) is 1.00. The van der Waals surface area contributed by atoms with Gasteiger partial charge in [0.05, 0.1) is 12.6 Å². The van der Waals surface area contributed by atoms with E-state index in [1.54, 1.807) is 12.1 Å². The summed E-state index contributed by atoms with van der Waals surface area (Å²) in [6, 6.07) is 5.16. The fraction of sp³-hybridized carbons (Fsp3) is 0.500. The predicted molar refractivity (Wildman–Crippen MR) is 77.6 cm³/mol. The zero-order valence-corrected chi connectivity index (χ0v) is 12.3. The van der Waals surface area contributed by atoms with Gasteiger partial charge >= 0.3 is 6.61 Å². The number of benzene rings is 1. The third-order valence-electron chi connectivity index (χ3n) is 3.48. The Morgan fingerprint density at radius 3 is 2.90 bits per heavy atom. The third-order valence-corrected chi connectivity index (χ3v) is 3.48. The van der Waals surface area contributed by atoms with Crippen molar-refractivity contribution in [1.82, 2.24) is 5.32 Å². The Hall–Kier alpha value is -1.40. The fourth-order valence-corrected chi connectivity index (χ4v) is 2.70. The molecule has 0 bridgehead atoms. The average Bonchev–Trinajstić information content (AvgIpc) is 2.92. The van der Waals surface area contributed by atoms with Crippen LogP contribution in [0, 0.1) is 0 Å². The van der Waals surface area contributed by atoms with Crippen molar-refractivity contribution in [2.24, 2.45) is 4.99 Å². The van der Waals surface area contributed by atoms with Crippen LogP contribution in [-0.4, -0.2) is 31.6 Å². The molecule has 21 heavy (non-hydrogen) atoms. The maximum atomic E-state index is 12.5. The van der Waals surface area contributed by atoms with Gasteiger partial charge in [0, 0.05) is 18.5 Å². The Bertz CT molecular complexity index is 540. The van der Waals surface area contributed by atoms with Crippen LogP contribution in [0.5, 0.6) is 5.75 Å². The fourth-order valence-electron chi connectivity index (χ4n) is 2.70. The summed E-state index contributed by atoms with van der Waals surface area (Å²) >= 11 is 0. The zero-order valence-electron chi connectivity index (χ0n) is 11.5. The molecule has 2 aliphatic heterocycles. The van der Waals surface area contributed by atoms with Crippen molar-refractivity contribution in [1.29, 1.82) is 0 Å². The van der Waals surface area contributed by atoms with Gasteiger partial charge in [0.2, 0.25) is 0 Å².